The Bertz CT molecular complexity index is 455. The maximum absolute atomic E-state index is 11.9. The molecular formula is C16H27NO6. The van der Waals surface area contributed by atoms with Gasteiger partial charge in [0.15, 0.2) is 6.23 Å². The maximum atomic E-state index is 11.9. The van der Waals surface area contributed by atoms with E-state index < -0.39 is 43.2 Å². The van der Waals surface area contributed by atoms with Crippen molar-refractivity contribution in [1.82, 2.24) is 5.32 Å². The molecule has 1 aliphatic rings. The molecule has 0 aromatic carbocycles. The second kappa shape index (κ2) is 9.14. The van der Waals surface area contributed by atoms with Gasteiger partial charge in [0.05, 0.1) is 6.61 Å². The van der Waals surface area contributed by atoms with Crippen molar-refractivity contribution >= 4 is 5.91 Å². The molecule has 1 fully saturated rings. The highest BCUT2D eigenvalue weighted by Crippen LogP contribution is 2.19. The summed E-state index contributed by atoms with van der Waals surface area (Å²) >= 11 is 0. The molecular weight excluding hydrogens is 302 g/mol. The van der Waals surface area contributed by atoms with Crippen LogP contribution in [0.2, 0.25) is 0 Å². The summed E-state index contributed by atoms with van der Waals surface area (Å²) in [4.78, 5) is 11.9. The van der Waals surface area contributed by atoms with Gasteiger partial charge in [-0.25, -0.2) is 0 Å². The van der Waals surface area contributed by atoms with Gasteiger partial charge in [0, 0.05) is 6.08 Å². The van der Waals surface area contributed by atoms with Gasteiger partial charge in [0.1, 0.15) is 24.4 Å². The minimum Gasteiger partial charge on any atom is -0.394 e. The van der Waals surface area contributed by atoms with Crippen molar-refractivity contribution in [2.45, 2.75) is 64.3 Å². The zero-order chi connectivity index (χ0) is 17.6. The minimum absolute atomic E-state index is 0.468. The Morgan fingerprint density at radius 3 is 2.35 bits per heavy atom. The number of allylic oxidation sites excluding steroid dienone is 3. The number of nitrogens with one attached hydrogen (secondary N) is 1. The molecule has 0 radical (unpaired) electrons. The van der Waals surface area contributed by atoms with Crippen molar-refractivity contribution in [1.29, 1.82) is 0 Å². The fourth-order valence-corrected chi connectivity index (χ4v) is 2.29. The number of aliphatic hydroxyl groups is 4. The van der Waals surface area contributed by atoms with E-state index in [1.54, 1.807) is 0 Å². The second-order valence-electron chi connectivity index (χ2n) is 6.07. The summed E-state index contributed by atoms with van der Waals surface area (Å²) < 4.78 is 5.21. The van der Waals surface area contributed by atoms with Crippen LogP contribution in [0.15, 0.2) is 23.3 Å². The van der Waals surface area contributed by atoms with Crippen molar-refractivity contribution < 1.29 is 30.0 Å². The van der Waals surface area contributed by atoms with Gasteiger partial charge in [-0.05, 0) is 33.6 Å². The summed E-state index contributed by atoms with van der Waals surface area (Å²) in [6.07, 6.45) is -1.62. The van der Waals surface area contributed by atoms with Crippen LogP contribution in [0, 0.1) is 0 Å². The van der Waals surface area contributed by atoms with E-state index in [1.807, 2.05) is 20.8 Å². The van der Waals surface area contributed by atoms with Gasteiger partial charge in [0.2, 0.25) is 5.91 Å². The normalized spacial score (nSPS) is 31.6. The van der Waals surface area contributed by atoms with Gasteiger partial charge in [-0.2, -0.15) is 0 Å². The average molecular weight is 329 g/mol. The number of hydrogen-bond acceptors (Lipinski definition) is 6. The van der Waals surface area contributed by atoms with Crippen molar-refractivity contribution in [3.8, 4) is 0 Å². The molecule has 7 heteroatoms. The van der Waals surface area contributed by atoms with Crippen molar-refractivity contribution in [3.05, 3.63) is 23.3 Å². The first-order valence-corrected chi connectivity index (χ1v) is 7.67. The average Bonchev–Trinajstić information content (AvgIpc) is 2.47. The number of hydrogen-bond donors (Lipinski definition) is 5. The van der Waals surface area contributed by atoms with E-state index in [4.69, 9.17) is 9.84 Å². The van der Waals surface area contributed by atoms with E-state index in [2.05, 4.69) is 11.4 Å². The highest BCUT2D eigenvalue weighted by atomic mass is 16.6. The number of carbonyl (C=O) groups is 1. The number of rotatable bonds is 6. The van der Waals surface area contributed by atoms with Crippen LogP contribution in [-0.4, -0.2) is 63.6 Å². The number of ether oxygens (including phenoxy) is 1. The summed E-state index contributed by atoms with van der Waals surface area (Å²) in [5.74, 6) is -0.468. The quantitative estimate of drug-likeness (QED) is 0.334. The first-order chi connectivity index (χ1) is 10.8. The molecule has 1 amide bonds. The molecule has 0 spiro atoms. The molecule has 132 valence electrons. The fourth-order valence-electron chi connectivity index (χ4n) is 2.29. The number of carbonyl (C=O) groups excluding carboxylic acids is 1. The van der Waals surface area contributed by atoms with Gasteiger partial charge in [-0.15, -0.1) is 0 Å². The lowest BCUT2D eigenvalue weighted by Gasteiger charge is -2.39. The molecule has 23 heavy (non-hydrogen) atoms. The summed E-state index contributed by atoms with van der Waals surface area (Å²) in [6.45, 7) is 5.30. The van der Waals surface area contributed by atoms with E-state index in [-0.39, 0.29) is 0 Å². The molecule has 1 heterocycles. The summed E-state index contributed by atoms with van der Waals surface area (Å²) in [5.41, 5.74) is 2.08. The lowest BCUT2D eigenvalue weighted by atomic mass is 9.98. The maximum Gasteiger partial charge on any atom is 0.245 e. The highest BCUT2D eigenvalue weighted by Gasteiger charge is 2.43. The highest BCUT2D eigenvalue weighted by molar-refractivity contribution is 5.88. The largest absolute Gasteiger partial charge is 0.394 e. The molecule has 1 saturated heterocycles. The molecule has 0 bridgehead atoms. The molecule has 7 nitrogen and oxygen atoms in total. The topological polar surface area (TPSA) is 119 Å². The van der Waals surface area contributed by atoms with Crippen molar-refractivity contribution in [2.24, 2.45) is 0 Å². The van der Waals surface area contributed by atoms with Crippen LogP contribution in [-0.2, 0) is 9.53 Å². The predicted octanol–water partition coefficient (Wildman–Crippen LogP) is -0.405. The van der Waals surface area contributed by atoms with Crippen LogP contribution in [0.4, 0.5) is 0 Å². The molecule has 5 N–H and O–H groups in total. The van der Waals surface area contributed by atoms with E-state index in [9.17, 15) is 20.1 Å². The summed E-state index contributed by atoms with van der Waals surface area (Å²) in [7, 11) is 0. The van der Waals surface area contributed by atoms with E-state index >= 15 is 0 Å². The molecule has 5 atom stereocenters. The zero-order valence-corrected chi connectivity index (χ0v) is 13.8. The predicted molar refractivity (Wildman–Crippen MR) is 84.3 cm³/mol. The SMILES string of the molecule is CC(C)=CCC/C(C)=C/C(=O)NC1O[C@H](CO)[C@@H](O)[C@H](O)[C@H]1O. The van der Waals surface area contributed by atoms with E-state index in [1.165, 1.54) is 11.6 Å². The third-order valence-corrected chi connectivity index (χ3v) is 3.65. The van der Waals surface area contributed by atoms with E-state index in [0.717, 1.165) is 18.4 Å². The van der Waals surface area contributed by atoms with Crippen LogP contribution < -0.4 is 5.32 Å². The smallest absolute Gasteiger partial charge is 0.245 e. The fraction of sp³-hybridized carbons (Fsp3) is 0.688. The number of aliphatic hydroxyl groups excluding tert-OH is 4. The lowest BCUT2D eigenvalue weighted by molar-refractivity contribution is -0.235. The minimum atomic E-state index is -1.51. The van der Waals surface area contributed by atoms with Gasteiger partial charge in [-0.1, -0.05) is 17.2 Å². The zero-order valence-electron chi connectivity index (χ0n) is 13.8. The molecule has 0 aliphatic carbocycles. The van der Waals surface area contributed by atoms with Crippen LogP contribution in [0.5, 0.6) is 0 Å². The Labute approximate surface area is 136 Å². The first-order valence-electron chi connectivity index (χ1n) is 7.67. The second-order valence-corrected chi connectivity index (χ2v) is 6.07. The standard InChI is InChI=1S/C16H27NO6/c1-9(2)5-4-6-10(3)7-12(19)17-16-15(22)14(21)13(20)11(8-18)23-16/h5,7,11,13-16,18,20-22H,4,6,8H2,1-3H3,(H,17,19)/b10-7+/t11-,13-,14+,15-,16?/m1/s1. The third-order valence-electron chi connectivity index (χ3n) is 3.65. The van der Waals surface area contributed by atoms with Crippen LogP contribution in [0.3, 0.4) is 0 Å². The van der Waals surface area contributed by atoms with Gasteiger partial charge < -0.3 is 30.5 Å². The molecule has 0 saturated carbocycles. The molecule has 1 aliphatic heterocycles. The molecule has 0 aromatic rings. The molecule has 1 unspecified atom stereocenters. The monoisotopic (exact) mass is 329 g/mol. The Balaban J connectivity index is 2.60. The number of amides is 1. The van der Waals surface area contributed by atoms with Crippen molar-refractivity contribution in [2.75, 3.05) is 6.61 Å². The van der Waals surface area contributed by atoms with Crippen LogP contribution >= 0.6 is 0 Å². The first kappa shape index (κ1) is 19.8. The Morgan fingerprint density at radius 1 is 1.13 bits per heavy atom. The molecule has 0 aromatic heterocycles. The van der Waals surface area contributed by atoms with Gasteiger partial charge in [-0.3, -0.25) is 4.79 Å². The lowest BCUT2D eigenvalue weighted by Crippen LogP contribution is -2.63. The summed E-state index contributed by atoms with van der Waals surface area (Å²) in [6, 6.07) is 0. The Morgan fingerprint density at radius 2 is 1.78 bits per heavy atom. The third kappa shape index (κ3) is 6.04. The van der Waals surface area contributed by atoms with Crippen LogP contribution in [0.25, 0.3) is 0 Å². The Kier molecular flexibility index (Phi) is 7.87. The van der Waals surface area contributed by atoms with Crippen LogP contribution in [0.1, 0.15) is 33.6 Å². The van der Waals surface area contributed by atoms with Gasteiger partial charge in [0.25, 0.3) is 0 Å². The van der Waals surface area contributed by atoms with Crippen molar-refractivity contribution in [3.63, 3.8) is 0 Å². The summed E-state index contributed by atoms with van der Waals surface area (Å²) in [5, 5.41) is 40.7. The van der Waals surface area contributed by atoms with E-state index in [0.29, 0.717) is 0 Å². The molecule has 1 rings (SSSR count). The van der Waals surface area contributed by atoms with Gasteiger partial charge >= 0.3 is 0 Å². The Hall–Kier alpha value is -1.25.